The van der Waals surface area contributed by atoms with Crippen molar-refractivity contribution >= 4 is 17.3 Å². The van der Waals surface area contributed by atoms with Crippen molar-refractivity contribution in [3.05, 3.63) is 53.8 Å². The molecular formula is C13H11FN2O2. The maximum absolute atomic E-state index is 13.0. The lowest BCUT2D eigenvalue weighted by molar-refractivity contribution is 0.102. The van der Waals surface area contributed by atoms with Crippen LogP contribution < -0.4 is 11.1 Å². The van der Waals surface area contributed by atoms with E-state index >= 15 is 0 Å². The Morgan fingerprint density at radius 2 is 2.00 bits per heavy atom. The third kappa shape index (κ3) is 2.57. The minimum atomic E-state index is -0.599. The molecule has 92 valence electrons. The van der Waals surface area contributed by atoms with E-state index in [0.29, 0.717) is 11.4 Å². The average Bonchev–Trinajstić information content (AvgIpc) is 2.32. The van der Waals surface area contributed by atoms with Crippen molar-refractivity contribution in [2.24, 2.45) is 0 Å². The van der Waals surface area contributed by atoms with Gasteiger partial charge in [-0.2, -0.15) is 0 Å². The van der Waals surface area contributed by atoms with Crippen LogP contribution in [0.25, 0.3) is 0 Å². The fourth-order valence-corrected chi connectivity index (χ4v) is 1.50. The van der Waals surface area contributed by atoms with Crippen LogP contribution in [0.2, 0.25) is 0 Å². The molecule has 0 atom stereocenters. The van der Waals surface area contributed by atoms with Gasteiger partial charge in [0.25, 0.3) is 5.91 Å². The largest absolute Gasteiger partial charge is 0.507 e. The number of carbonyl (C=O) groups excluding carboxylic acids is 1. The minimum absolute atomic E-state index is 0.127. The quantitative estimate of drug-likeness (QED) is 0.712. The van der Waals surface area contributed by atoms with Crippen molar-refractivity contribution in [2.75, 3.05) is 11.1 Å². The van der Waals surface area contributed by atoms with E-state index in [2.05, 4.69) is 5.32 Å². The van der Waals surface area contributed by atoms with Crippen molar-refractivity contribution < 1.29 is 14.3 Å². The summed E-state index contributed by atoms with van der Waals surface area (Å²) in [6.07, 6.45) is 0. The summed E-state index contributed by atoms with van der Waals surface area (Å²) >= 11 is 0. The van der Waals surface area contributed by atoms with Crippen LogP contribution in [0.5, 0.6) is 5.75 Å². The van der Waals surface area contributed by atoms with Gasteiger partial charge in [0.1, 0.15) is 11.6 Å². The second-order valence-corrected chi connectivity index (χ2v) is 3.74. The summed E-state index contributed by atoms with van der Waals surface area (Å²) in [4.78, 5) is 11.8. The summed E-state index contributed by atoms with van der Waals surface area (Å²) in [6.45, 7) is 0. The molecule has 0 aliphatic carbocycles. The van der Waals surface area contributed by atoms with Gasteiger partial charge < -0.3 is 16.2 Å². The number of rotatable bonds is 2. The molecule has 0 spiro atoms. The highest BCUT2D eigenvalue weighted by Gasteiger charge is 2.12. The molecule has 2 aromatic rings. The average molecular weight is 246 g/mol. The number of phenols is 1. The van der Waals surface area contributed by atoms with E-state index < -0.39 is 11.7 Å². The fourth-order valence-electron chi connectivity index (χ4n) is 1.50. The first-order valence-corrected chi connectivity index (χ1v) is 5.21. The van der Waals surface area contributed by atoms with Gasteiger partial charge >= 0.3 is 0 Å². The summed E-state index contributed by atoms with van der Waals surface area (Å²) < 4.78 is 13.0. The molecule has 0 aliphatic heterocycles. The van der Waals surface area contributed by atoms with Gasteiger partial charge in [-0.25, -0.2) is 4.39 Å². The molecule has 18 heavy (non-hydrogen) atoms. The highest BCUT2D eigenvalue weighted by Crippen LogP contribution is 2.20. The summed E-state index contributed by atoms with van der Waals surface area (Å²) in [6, 6.07) is 9.73. The second-order valence-electron chi connectivity index (χ2n) is 3.74. The third-order valence-electron chi connectivity index (χ3n) is 2.35. The Labute approximate surface area is 103 Å². The zero-order chi connectivity index (χ0) is 13.1. The topological polar surface area (TPSA) is 75.3 Å². The van der Waals surface area contributed by atoms with Crippen LogP contribution in [0.3, 0.4) is 0 Å². The standard InChI is InChI=1S/C13H11FN2O2/c14-8-4-5-12(17)11(6-8)13(18)16-10-3-1-2-9(15)7-10/h1-7,17H,15H2,(H,16,18). The molecule has 0 aromatic heterocycles. The molecule has 0 saturated carbocycles. The monoisotopic (exact) mass is 246 g/mol. The molecule has 2 aromatic carbocycles. The van der Waals surface area contributed by atoms with Crippen molar-refractivity contribution in [3.63, 3.8) is 0 Å². The number of amides is 1. The lowest BCUT2D eigenvalue weighted by Crippen LogP contribution is -2.12. The summed E-state index contributed by atoms with van der Waals surface area (Å²) in [5.41, 5.74) is 6.41. The minimum Gasteiger partial charge on any atom is -0.507 e. The molecule has 0 unspecified atom stereocenters. The maximum atomic E-state index is 13.0. The van der Waals surface area contributed by atoms with Crippen molar-refractivity contribution in [1.29, 1.82) is 0 Å². The van der Waals surface area contributed by atoms with E-state index in [4.69, 9.17) is 5.73 Å². The number of anilines is 2. The number of nitrogens with two attached hydrogens (primary N) is 1. The van der Waals surface area contributed by atoms with E-state index in [1.807, 2.05) is 0 Å². The zero-order valence-electron chi connectivity index (χ0n) is 9.35. The van der Waals surface area contributed by atoms with Crippen LogP contribution in [-0.2, 0) is 0 Å². The fraction of sp³-hybridized carbons (Fsp3) is 0. The highest BCUT2D eigenvalue weighted by atomic mass is 19.1. The SMILES string of the molecule is Nc1cccc(NC(=O)c2cc(F)ccc2O)c1. The van der Waals surface area contributed by atoms with Crippen LogP contribution in [0.1, 0.15) is 10.4 Å². The molecule has 1 amide bonds. The molecule has 0 radical (unpaired) electrons. The number of aromatic hydroxyl groups is 1. The molecule has 5 heteroatoms. The van der Waals surface area contributed by atoms with Crippen molar-refractivity contribution in [1.82, 2.24) is 0 Å². The zero-order valence-corrected chi connectivity index (χ0v) is 9.35. The molecule has 2 rings (SSSR count). The van der Waals surface area contributed by atoms with Gasteiger partial charge in [0.05, 0.1) is 5.56 Å². The lowest BCUT2D eigenvalue weighted by atomic mass is 10.1. The molecule has 0 aliphatic rings. The predicted molar refractivity (Wildman–Crippen MR) is 66.9 cm³/mol. The molecule has 0 fully saturated rings. The number of nitrogen functional groups attached to an aromatic ring is 1. The normalized spacial score (nSPS) is 10.1. The Hall–Kier alpha value is -2.56. The van der Waals surface area contributed by atoms with Crippen LogP contribution >= 0.6 is 0 Å². The van der Waals surface area contributed by atoms with Gasteiger partial charge in [0, 0.05) is 11.4 Å². The molecular weight excluding hydrogens is 235 g/mol. The highest BCUT2D eigenvalue weighted by molar-refractivity contribution is 6.06. The van der Waals surface area contributed by atoms with Crippen LogP contribution in [0, 0.1) is 5.82 Å². The van der Waals surface area contributed by atoms with E-state index in [0.717, 1.165) is 18.2 Å². The molecule has 4 nitrogen and oxygen atoms in total. The van der Waals surface area contributed by atoms with E-state index in [9.17, 15) is 14.3 Å². The van der Waals surface area contributed by atoms with Crippen LogP contribution in [0.15, 0.2) is 42.5 Å². The van der Waals surface area contributed by atoms with Gasteiger partial charge in [-0.05, 0) is 36.4 Å². The van der Waals surface area contributed by atoms with Gasteiger partial charge in [-0.3, -0.25) is 4.79 Å². The van der Waals surface area contributed by atoms with E-state index in [1.165, 1.54) is 0 Å². The van der Waals surface area contributed by atoms with Gasteiger partial charge in [-0.1, -0.05) is 6.07 Å². The molecule has 0 saturated heterocycles. The van der Waals surface area contributed by atoms with Gasteiger partial charge in [0.2, 0.25) is 0 Å². The molecule has 4 N–H and O–H groups in total. The Bertz CT molecular complexity index is 599. The Balaban J connectivity index is 2.24. The number of nitrogens with one attached hydrogen (secondary N) is 1. The lowest BCUT2D eigenvalue weighted by Gasteiger charge is -2.07. The van der Waals surface area contributed by atoms with E-state index in [-0.39, 0.29) is 11.3 Å². The van der Waals surface area contributed by atoms with Gasteiger partial charge in [0.15, 0.2) is 0 Å². The van der Waals surface area contributed by atoms with Crippen molar-refractivity contribution in [3.8, 4) is 5.75 Å². The first kappa shape index (κ1) is 11.9. The van der Waals surface area contributed by atoms with Crippen molar-refractivity contribution in [2.45, 2.75) is 0 Å². The Morgan fingerprint density at radius 3 is 2.72 bits per heavy atom. The van der Waals surface area contributed by atoms with Crippen LogP contribution in [0.4, 0.5) is 15.8 Å². The van der Waals surface area contributed by atoms with E-state index in [1.54, 1.807) is 24.3 Å². The second kappa shape index (κ2) is 4.75. The summed E-state index contributed by atoms with van der Waals surface area (Å²) in [5, 5.41) is 12.0. The Morgan fingerprint density at radius 1 is 1.22 bits per heavy atom. The van der Waals surface area contributed by atoms with Crippen LogP contribution in [-0.4, -0.2) is 11.0 Å². The molecule has 0 bridgehead atoms. The smallest absolute Gasteiger partial charge is 0.259 e. The summed E-state index contributed by atoms with van der Waals surface area (Å²) in [5.74, 6) is -1.47. The number of hydrogen-bond acceptors (Lipinski definition) is 3. The Kier molecular flexibility index (Phi) is 3.14. The number of phenolic OH excluding ortho intramolecular Hbond substituents is 1. The first-order valence-electron chi connectivity index (χ1n) is 5.21. The number of benzene rings is 2. The third-order valence-corrected chi connectivity index (χ3v) is 2.35. The number of hydrogen-bond donors (Lipinski definition) is 3. The predicted octanol–water partition coefficient (Wildman–Crippen LogP) is 2.37. The van der Waals surface area contributed by atoms with Gasteiger partial charge in [-0.15, -0.1) is 0 Å². The number of halogens is 1. The maximum Gasteiger partial charge on any atom is 0.259 e. The summed E-state index contributed by atoms with van der Waals surface area (Å²) in [7, 11) is 0. The first-order chi connectivity index (χ1) is 8.56. The number of carbonyl (C=O) groups is 1. The molecule has 0 heterocycles.